The molecule has 0 saturated carbocycles. The number of guanidine groups is 1. The number of benzene rings is 1. The summed E-state index contributed by atoms with van der Waals surface area (Å²) >= 11 is 0. The molecule has 0 aliphatic rings. The summed E-state index contributed by atoms with van der Waals surface area (Å²) in [5.41, 5.74) is 1.31. The summed E-state index contributed by atoms with van der Waals surface area (Å²) in [5.74, 6) is 1.85. The third kappa shape index (κ3) is 5.24. The Bertz CT molecular complexity index is 466. The number of unbranched alkanes of at least 4 members (excludes halogenated alkanes) is 1. The molecule has 0 radical (unpaired) electrons. The average Bonchev–Trinajstić information content (AvgIpc) is 2.53. The van der Waals surface area contributed by atoms with E-state index in [1.54, 1.807) is 7.11 Å². The van der Waals surface area contributed by atoms with Crippen molar-refractivity contribution in [2.24, 2.45) is 4.99 Å². The Kier molecular flexibility index (Phi) is 7.22. The summed E-state index contributed by atoms with van der Waals surface area (Å²) in [6.07, 6.45) is 2.37. The van der Waals surface area contributed by atoms with E-state index in [0.717, 1.165) is 24.8 Å². The zero-order valence-corrected chi connectivity index (χ0v) is 14.9. The molecular weight excluding hydrogens is 274 g/mol. The van der Waals surface area contributed by atoms with Crippen molar-refractivity contribution in [3.05, 3.63) is 29.8 Å². The maximum Gasteiger partial charge on any atom is 0.193 e. The highest BCUT2D eigenvalue weighted by molar-refractivity contribution is 5.79. The second-order valence-corrected chi connectivity index (χ2v) is 6.29. The van der Waals surface area contributed by atoms with Crippen molar-refractivity contribution in [3.8, 4) is 5.75 Å². The van der Waals surface area contributed by atoms with Crippen molar-refractivity contribution >= 4 is 5.96 Å². The predicted octanol–water partition coefficient (Wildman–Crippen LogP) is 3.28. The largest absolute Gasteiger partial charge is 0.497 e. The lowest BCUT2D eigenvalue weighted by atomic mass is 9.84. The Morgan fingerprint density at radius 1 is 1.27 bits per heavy atom. The van der Waals surface area contributed by atoms with Gasteiger partial charge in [0.15, 0.2) is 5.96 Å². The highest BCUT2D eigenvalue weighted by atomic mass is 16.5. The van der Waals surface area contributed by atoms with Crippen LogP contribution in [0.25, 0.3) is 0 Å². The Morgan fingerprint density at radius 3 is 2.41 bits per heavy atom. The molecule has 0 atom stereocenters. The molecule has 1 aromatic rings. The zero-order chi connectivity index (χ0) is 16.6. The number of nitrogens with one attached hydrogen (secondary N) is 1. The first-order valence-corrected chi connectivity index (χ1v) is 8.01. The lowest BCUT2D eigenvalue weighted by molar-refractivity contribution is 0.413. The van der Waals surface area contributed by atoms with E-state index in [-0.39, 0.29) is 5.41 Å². The molecular formula is C18H31N3O. The lowest BCUT2D eigenvalue weighted by Crippen LogP contribution is -2.44. The second-order valence-electron chi connectivity index (χ2n) is 6.29. The van der Waals surface area contributed by atoms with Gasteiger partial charge in [-0.2, -0.15) is 0 Å². The van der Waals surface area contributed by atoms with Crippen LogP contribution in [0.4, 0.5) is 0 Å². The number of ether oxygens (including phenoxy) is 1. The molecule has 0 bridgehead atoms. The summed E-state index contributed by atoms with van der Waals surface area (Å²) in [7, 11) is 5.62. The lowest BCUT2D eigenvalue weighted by Gasteiger charge is -2.29. The van der Waals surface area contributed by atoms with Crippen LogP contribution in [0.15, 0.2) is 29.3 Å². The summed E-state index contributed by atoms with van der Waals surface area (Å²) in [6, 6.07) is 8.28. The first kappa shape index (κ1) is 18.3. The Labute approximate surface area is 135 Å². The SMILES string of the molecule is CCCCN(C)C(=NC)NCC(C)(C)c1ccc(OC)cc1. The maximum atomic E-state index is 5.22. The Balaban J connectivity index is 2.66. The van der Waals surface area contributed by atoms with Gasteiger partial charge in [-0.15, -0.1) is 0 Å². The fourth-order valence-electron chi connectivity index (χ4n) is 2.33. The Morgan fingerprint density at radius 2 is 1.91 bits per heavy atom. The predicted molar refractivity (Wildman–Crippen MR) is 94.9 cm³/mol. The summed E-state index contributed by atoms with van der Waals surface area (Å²) in [5, 5.41) is 3.49. The molecule has 0 unspecified atom stereocenters. The van der Waals surface area contributed by atoms with Crippen molar-refractivity contribution in [2.45, 2.75) is 39.0 Å². The highest BCUT2D eigenvalue weighted by Gasteiger charge is 2.21. The van der Waals surface area contributed by atoms with E-state index >= 15 is 0 Å². The van der Waals surface area contributed by atoms with E-state index in [4.69, 9.17) is 4.74 Å². The number of nitrogens with zero attached hydrogens (tertiary/aromatic N) is 2. The minimum absolute atomic E-state index is 0.0216. The average molecular weight is 305 g/mol. The van der Waals surface area contributed by atoms with Crippen LogP contribution < -0.4 is 10.1 Å². The number of rotatable bonds is 7. The van der Waals surface area contributed by atoms with Crippen molar-refractivity contribution < 1.29 is 4.74 Å². The van der Waals surface area contributed by atoms with Crippen LogP contribution in [0.3, 0.4) is 0 Å². The molecule has 0 saturated heterocycles. The molecule has 22 heavy (non-hydrogen) atoms. The standard InChI is InChI=1S/C18H31N3O/c1-7-8-13-21(5)17(19-4)20-14-18(2,3)15-9-11-16(22-6)12-10-15/h9-12H,7-8,13-14H2,1-6H3,(H,19,20). The van der Waals surface area contributed by atoms with Gasteiger partial charge in [-0.1, -0.05) is 39.3 Å². The van der Waals surface area contributed by atoms with Gasteiger partial charge < -0.3 is 15.0 Å². The molecule has 0 aliphatic heterocycles. The van der Waals surface area contributed by atoms with Crippen molar-refractivity contribution in [2.75, 3.05) is 34.3 Å². The number of aliphatic imine (C=N–C) groups is 1. The summed E-state index contributed by atoms with van der Waals surface area (Å²) in [6.45, 7) is 8.54. The van der Waals surface area contributed by atoms with Gasteiger partial charge in [0.2, 0.25) is 0 Å². The zero-order valence-electron chi connectivity index (χ0n) is 14.9. The molecule has 0 aromatic heterocycles. The van der Waals surface area contributed by atoms with Crippen LogP contribution >= 0.6 is 0 Å². The summed E-state index contributed by atoms with van der Waals surface area (Å²) in [4.78, 5) is 6.56. The van der Waals surface area contributed by atoms with Crippen molar-refractivity contribution in [1.29, 1.82) is 0 Å². The molecule has 0 amide bonds. The molecule has 0 heterocycles. The van der Waals surface area contributed by atoms with Gasteiger partial charge in [0.05, 0.1) is 7.11 Å². The van der Waals surface area contributed by atoms with Gasteiger partial charge in [-0.3, -0.25) is 4.99 Å². The van der Waals surface area contributed by atoms with E-state index < -0.39 is 0 Å². The van der Waals surface area contributed by atoms with Crippen LogP contribution in [0.2, 0.25) is 0 Å². The molecule has 0 spiro atoms. The second kappa shape index (κ2) is 8.66. The first-order chi connectivity index (χ1) is 10.4. The van der Waals surface area contributed by atoms with Crippen molar-refractivity contribution in [1.82, 2.24) is 10.2 Å². The van der Waals surface area contributed by atoms with Gasteiger partial charge >= 0.3 is 0 Å². The van der Waals surface area contributed by atoms with Gasteiger partial charge in [0, 0.05) is 32.6 Å². The molecule has 124 valence electrons. The van der Waals surface area contributed by atoms with E-state index in [9.17, 15) is 0 Å². The maximum absolute atomic E-state index is 5.22. The van der Waals surface area contributed by atoms with E-state index in [1.165, 1.54) is 18.4 Å². The molecule has 4 nitrogen and oxygen atoms in total. The van der Waals surface area contributed by atoms with E-state index in [0.29, 0.717) is 0 Å². The highest BCUT2D eigenvalue weighted by Crippen LogP contribution is 2.24. The Hall–Kier alpha value is -1.71. The minimum atomic E-state index is 0.0216. The molecule has 1 rings (SSSR count). The van der Waals surface area contributed by atoms with Gasteiger partial charge in [0.1, 0.15) is 5.75 Å². The van der Waals surface area contributed by atoms with Crippen LogP contribution in [-0.2, 0) is 5.41 Å². The van der Waals surface area contributed by atoms with Crippen LogP contribution in [0.5, 0.6) is 5.75 Å². The molecule has 0 fully saturated rings. The minimum Gasteiger partial charge on any atom is -0.497 e. The van der Waals surface area contributed by atoms with Crippen LogP contribution in [-0.4, -0.2) is 45.2 Å². The van der Waals surface area contributed by atoms with Crippen LogP contribution in [0.1, 0.15) is 39.2 Å². The molecule has 0 aliphatic carbocycles. The monoisotopic (exact) mass is 305 g/mol. The molecule has 1 N–H and O–H groups in total. The first-order valence-electron chi connectivity index (χ1n) is 8.01. The third-order valence-electron chi connectivity index (χ3n) is 3.98. The molecule has 4 heteroatoms. The van der Waals surface area contributed by atoms with E-state index in [2.05, 4.69) is 55.2 Å². The third-order valence-corrected chi connectivity index (χ3v) is 3.98. The number of methoxy groups -OCH3 is 1. The van der Waals surface area contributed by atoms with E-state index in [1.807, 2.05) is 19.2 Å². The fraction of sp³-hybridized carbons (Fsp3) is 0.611. The van der Waals surface area contributed by atoms with Crippen LogP contribution in [0, 0.1) is 0 Å². The van der Waals surface area contributed by atoms with Crippen molar-refractivity contribution in [3.63, 3.8) is 0 Å². The summed E-state index contributed by atoms with van der Waals surface area (Å²) < 4.78 is 5.22. The number of hydrogen-bond donors (Lipinski definition) is 1. The number of hydrogen-bond acceptors (Lipinski definition) is 2. The smallest absolute Gasteiger partial charge is 0.193 e. The quantitative estimate of drug-likeness (QED) is 0.620. The van der Waals surface area contributed by atoms with Gasteiger partial charge in [-0.05, 0) is 24.1 Å². The normalized spacial score (nSPS) is 12.2. The fourth-order valence-corrected chi connectivity index (χ4v) is 2.33. The molecule has 1 aromatic carbocycles. The van der Waals surface area contributed by atoms with Gasteiger partial charge in [0.25, 0.3) is 0 Å². The van der Waals surface area contributed by atoms with Gasteiger partial charge in [-0.25, -0.2) is 0 Å². The topological polar surface area (TPSA) is 36.9 Å².